The smallest absolute Gasteiger partial charge is 0.317 e. The Labute approximate surface area is 120 Å². The number of hydrogen-bond donors (Lipinski definition) is 1. The summed E-state index contributed by atoms with van der Waals surface area (Å²) in [5, 5.41) is 2.86. The minimum Gasteiger partial charge on any atom is -0.383 e. The Morgan fingerprint density at radius 1 is 1.35 bits per heavy atom. The third kappa shape index (κ3) is 3.85. The van der Waals surface area contributed by atoms with E-state index in [4.69, 9.17) is 4.74 Å². The van der Waals surface area contributed by atoms with Crippen LogP contribution in [0.4, 0.5) is 4.79 Å². The second-order valence-corrected chi connectivity index (χ2v) is 5.62. The number of hydrogen-bond acceptors (Lipinski definition) is 3. The van der Waals surface area contributed by atoms with Crippen molar-refractivity contribution in [2.24, 2.45) is 0 Å². The van der Waals surface area contributed by atoms with Crippen LogP contribution in [0.3, 0.4) is 0 Å². The van der Waals surface area contributed by atoms with Crippen molar-refractivity contribution in [1.82, 2.24) is 15.1 Å². The molecular formula is C14H25N3O3. The summed E-state index contributed by atoms with van der Waals surface area (Å²) < 4.78 is 4.93. The summed E-state index contributed by atoms with van der Waals surface area (Å²) in [4.78, 5) is 27.6. The maximum absolute atomic E-state index is 12.1. The fraction of sp³-hybridized carbons (Fsp3) is 0.857. The highest BCUT2D eigenvalue weighted by Crippen LogP contribution is 2.29. The molecule has 2 aliphatic rings. The van der Waals surface area contributed by atoms with Gasteiger partial charge in [0.25, 0.3) is 0 Å². The van der Waals surface area contributed by atoms with E-state index in [-0.39, 0.29) is 18.0 Å². The first-order valence-corrected chi connectivity index (χ1v) is 7.44. The molecule has 0 aromatic carbocycles. The minimum absolute atomic E-state index is 0.0381. The number of carbonyl (C=O) groups is 2. The van der Waals surface area contributed by atoms with Crippen molar-refractivity contribution in [2.75, 3.05) is 33.4 Å². The molecule has 0 spiro atoms. The molecule has 1 N–H and O–H groups in total. The summed E-state index contributed by atoms with van der Waals surface area (Å²) in [5.41, 5.74) is 0. The Kier molecular flexibility index (Phi) is 5.23. The van der Waals surface area contributed by atoms with Crippen molar-refractivity contribution < 1.29 is 14.3 Å². The maximum Gasteiger partial charge on any atom is 0.317 e. The lowest BCUT2D eigenvalue weighted by Gasteiger charge is -2.30. The van der Waals surface area contributed by atoms with Gasteiger partial charge in [0.1, 0.15) is 0 Å². The second kappa shape index (κ2) is 6.92. The molecule has 0 aromatic heterocycles. The van der Waals surface area contributed by atoms with Gasteiger partial charge in [-0.05, 0) is 25.7 Å². The van der Waals surface area contributed by atoms with Crippen LogP contribution in [0.1, 0.15) is 32.6 Å². The summed E-state index contributed by atoms with van der Waals surface area (Å²) in [6, 6.07) is 0.525. The third-order valence-electron chi connectivity index (χ3n) is 4.02. The zero-order valence-corrected chi connectivity index (χ0v) is 12.4. The van der Waals surface area contributed by atoms with Crippen LogP contribution >= 0.6 is 0 Å². The molecule has 1 aliphatic carbocycles. The van der Waals surface area contributed by atoms with E-state index in [2.05, 4.69) is 5.32 Å². The van der Waals surface area contributed by atoms with Gasteiger partial charge in [-0.3, -0.25) is 4.79 Å². The fourth-order valence-corrected chi connectivity index (χ4v) is 2.80. The van der Waals surface area contributed by atoms with Crippen molar-refractivity contribution in [3.63, 3.8) is 0 Å². The zero-order chi connectivity index (χ0) is 14.5. The molecule has 2 fully saturated rings. The van der Waals surface area contributed by atoms with Gasteiger partial charge in [-0.15, -0.1) is 0 Å². The summed E-state index contributed by atoms with van der Waals surface area (Å²) >= 11 is 0. The van der Waals surface area contributed by atoms with Gasteiger partial charge in [-0.2, -0.15) is 0 Å². The first-order valence-electron chi connectivity index (χ1n) is 7.44. The number of amides is 3. The Balaban J connectivity index is 1.86. The monoisotopic (exact) mass is 283 g/mol. The molecule has 3 amide bonds. The van der Waals surface area contributed by atoms with Crippen molar-refractivity contribution in [3.8, 4) is 0 Å². The lowest BCUT2D eigenvalue weighted by molar-refractivity contribution is -0.130. The average Bonchev–Trinajstić information content (AvgIpc) is 3.14. The molecule has 114 valence electrons. The minimum atomic E-state index is -0.0381. The summed E-state index contributed by atoms with van der Waals surface area (Å²) in [6.07, 6.45) is 4.20. The van der Waals surface area contributed by atoms with Crippen LogP contribution in [0.25, 0.3) is 0 Å². The van der Waals surface area contributed by atoms with E-state index < -0.39 is 0 Å². The van der Waals surface area contributed by atoms with E-state index in [1.807, 2.05) is 9.80 Å². The quantitative estimate of drug-likeness (QED) is 0.734. The van der Waals surface area contributed by atoms with E-state index >= 15 is 0 Å². The van der Waals surface area contributed by atoms with Gasteiger partial charge in [0.15, 0.2) is 0 Å². The van der Waals surface area contributed by atoms with E-state index in [9.17, 15) is 9.59 Å². The Morgan fingerprint density at radius 3 is 2.70 bits per heavy atom. The molecular weight excluding hydrogens is 258 g/mol. The predicted octanol–water partition coefficient (Wildman–Crippen LogP) is 0.818. The van der Waals surface area contributed by atoms with Gasteiger partial charge in [-0.1, -0.05) is 0 Å². The number of likely N-dealkylation sites (tertiary alicyclic amines) is 1. The second-order valence-electron chi connectivity index (χ2n) is 5.62. The van der Waals surface area contributed by atoms with E-state index in [1.54, 1.807) is 14.0 Å². The van der Waals surface area contributed by atoms with Crippen LogP contribution in [-0.4, -0.2) is 67.2 Å². The fourth-order valence-electron chi connectivity index (χ4n) is 2.80. The van der Waals surface area contributed by atoms with Gasteiger partial charge in [0.05, 0.1) is 12.6 Å². The molecule has 2 rings (SSSR count). The van der Waals surface area contributed by atoms with Crippen LogP contribution in [0.15, 0.2) is 0 Å². The number of urea groups is 1. The molecule has 1 aliphatic heterocycles. The standard InChI is InChI=1S/C14H25N3O3/c1-11(18)17(12-5-6-12)10-13-4-3-8-16(13)14(19)15-7-9-20-2/h12-13H,3-10H2,1-2H3,(H,15,19). The predicted molar refractivity (Wildman–Crippen MR) is 75.4 cm³/mol. The third-order valence-corrected chi connectivity index (χ3v) is 4.02. The SMILES string of the molecule is COCCNC(=O)N1CCCC1CN(C(C)=O)C1CC1. The van der Waals surface area contributed by atoms with Gasteiger partial charge >= 0.3 is 6.03 Å². The van der Waals surface area contributed by atoms with Crippen molar-refractivity contribution in [1.29, 1.82) is 0 Å². The molecule has 6 nitrogen and oxygen atoms in total. The topological polar surface area (TPSA) is 61.9 Å². The van der Waals surface area contributed by atoms with Crippen molar-refractivity contribution in [3.05, 3.63) is 0 Å². The molecule has 1 heterocycles. The number of rotatable bonds is 6. The summed E-state index contributed by atoms with van der Waals surface area (Å²) in [5.74, 6) is 0.124. The molecule has 0 bridgehead atoms. The van der Waals surface area contributed by atoms with Gasteiger partial charge in [0.2, 0.25) is 5.91 Å². The number of methoxy groups -OCH3 is 1. The molecule has 0 aromatic rings. The van der Waals surface area contributed by atoms with Gasteiger partial charge < -0.3 is 19.9 Å². The highest BCUT2D eigenvalue weighted by molar-refractivity contribution is 5.76. The highest BCUT2D eigenvalue weighted by atomic mass is 16.5. The highest BCUT2D eigenvalue weighted by Gasteiger charge is 2.36. The normalized spacial score (nSPS) is 21.9. The number of nitrogens with zero attached hydrogens (tertiary/aromatic N) is 2. The lowest BCUT2D eigenvalue weighted by atomic mass is 10.2. The summed E-state index contributed by atoms with van der Waals surface area (Å²) in [7, 11) is 1.62. The first-order chi connectivity index (χ1) is 9.63. The lowest BCUT2D eigenvalue weighted by Crippen LogP contribution is -2.49. The van der Waals surface area contributed by atoms with E-state index in [1.165, 1.54) is 0 Å². The van der Waals surface area contributed by atoms with Gasteiger partial charge in [0, 0.05) is 39.7 Å². The average molecular weight is 283 g/mol. The van der Waals surface area contributed by atoms with Crippen molar-refractivity contribution >= 4 is 11.9 Å². The van der Waals surface area contributed by atoms with Crippen LogP contribution in [0, 0.1) is 0 Å². The summed E-state index contributed by atoms with van der Waals surface area (Å²) in [6.45, 7) is 4.12. The maximum atomic E-state index is 12.1. The zero-order valence-electron chi connectivity index (χ0n) is 12.4. The molecule has 1 unspecified atom stereocenters. The Bertz CT molecular complexity index is 358. The largest absolute Gasteiger partial charge is 0.383 e. The van der Waals surface area contributed by atoms with Crippen molar-refractivity contribution in [2.45, 2.75) is 44.7 Å². The molecule has 6 heteroatoms. The molecule has 0 radical (unpaired) electrons. The van der Waals surface area contributed by atoms with Crippen LogP contribution in [0.5, 0.6) is 0 Å². The number of ether oxygens (including phenoxy) is 1. The van der Waals surface area contributed by atoms with Crippen LogP contribution in [0.2, 0.25) is 0 Å². The van der Waals surface area contributed by atoms with E-state index in [0.29, 0.717) is 25.7 Å². The molecule has 1 saturated carbocycles. The molecule has 1 saturated heterocycles. The van der Waals surface area contributed by atoms with Crippen LogP contribution < -0.4 is 5.32 Å². The number of nitrogens with one attached hydrogen (secondary N) is 1. The molecule has 20 heavy (non-hydrogen) atoms. The van der Waals surface area contributed by atoms with E-state index in [0.717, 1.165) is 32.2 Å². The number of carbonyl (C=O) groups excluding carboxylic acids is 2. The Hall–Kier alpha value is -1.30. The van der Waals surface area contributed by atoms with Crippen LogP contribution in [-0.2, 0) is 9.53 Å². The Morgan fingerprint density at radius 2 is 2.10 bits per heavy atom. The first kappa shape index (κ1) is 15.1. The molecule has 1 atom stereocenters. The van der Waals surface area contributed by atoms with Gasteiger partial charge in [-0.25, -0.2) is 4.79 Å².